The Morgan fingerprint density at radius 3 is 2.52 bits per heavy atom. The minimum atomic E-state index is -3.55. The molecule has 0 atom stereocenters. The maximum absolute atomic E-state index is 12.2. The molecule has 0 aliphatic heterocycles. The third-order valence-electron chi connectivity index (χ3n) is 3.70. The van der Waals surface area contributed by atoms with Gasteiger partial charge in [-0.05, 0) is 42.8 Å². The van der Waals surface area contributed by atoms with E-state index in [1.54, 1.807) is 6.07 Å². The van der Waals surface area contributed by atoms with Crippen LogP contribution in [0.2, 0.25) is 5.02 Å². The molecular formula is C18H18BrClN2O4S. The molecule has 0 heterocycles. The lowest BCUT2D eigenvalue weighted by molar-refractivity contribution is -0.116. The maximum Gasteiger partial charge on any atom is 0.251 e. The first kappa shape index (κ1) is 21.4. The lowest BCUT2D eigenvalue weighted by atomic mass is 10.2. The molecule has 0 saturated carbocycles. The van der Waals surface area contributed by atoms with Crippen molar-refractivity contribution in [3.05, 3.63) is 57.0 Å². The van der Waals surface area contributed by atoms with E-state index in [9.17, 15) is 18.0 Å². The first-order valence-electron chi connectivity index (χ1n) is 7.92. The zero-order chi connectivity index (χ0) is 20.2. The van der Waals surface area contributed by atoms with E-state index in [0.717, 1.165) is 16.3 Å². The average Bonchev–Trinajstić information content (AvgIpc) is 2.57. The Morgan fingerprint density at radius 2 is 1.85 bits per heavy atom. The van der Waals surface area contributed by atoms with Gasteiger partial charge in [0.15, 0.2) is 9.84 Å². The minimum Gasteiger partial charge on any atom is -0.352 e. The molecule has 0 unspecified atom stereocenters. The summed E-state index contributed by atoms with van der Waals surface area (Å²) in [7, 11) is -3.55. The van der Waals surface area contributed by atoms with Gasteiger partial charge in [0.2, 0.25) is 5.91 Å². The Bertz CT molecular complexity index is 993. The number of halogens is 2. The van der Waals surface area contributed by atoms with Crippen molar-refractivity contribution in [2.45, 2.75) is 18.2 Å². The van der Waals surface area contributed by atoms with E-state index in [0.29, 0.717) is 5.69 Å². The molecule has 0 aliphatic carbocycles. The number of benzene rings is 2. The molecule has 144 valence electrons. The quantitative estimate of drug-likeness (QED) is 0.671. The molecule has 6 nitrogen and oxygen atoms in total. The van der Waals surface area contributed by atoms with Crippen LogP contribution >= 0.6 is 27.5 Å². The van der Waals surface area contributed by atoms with Gasteiger partial charge in [0.1, 0.15) is 0 Å². The van der Waals surface area contributed by atoms with Crippen LogP contribution in [0.25, 0.3) is 0 Å². The van der Waals surface area contributed by atoms with Crippen LogP contribution in [0.1, 0.15) is 22.3 Å². The Morgan fingerprint density at radius 1 is 1.15 bits per heavy atom. The standard InChI is InChI=1S/C18H18BrClN2O4S/c1-11-3-5-13(19)10-15(11)22-17(23)7-8-21-18(24)12-4-6-14(20)16(9-12)27(2,25)26/h3-6,9-10H,7-8H2,1-2H3,(H,21,24)(H,22,23). The zero-order valence-electron chi connectivity index (χ0n) is 14.7. The Balaban J connectivity index is 1.94. The lowest BCUT2D eigenvalue weighted by Gasteiger charge is -2.10. The van der Waals surface area contributed by atoms with E-state index in [2.05, 4.69) is 26.6 Å². The Hall–Kier alpha value is -1.90. The Kier molecular flexibility index (Phi) is 7.02. The molecule has 0 radical (unpaired) electrons. The van der Waals surface area contributed by atoms with E-state index in [-0.39, 0.29) is 34.4 Å². The molecular weight excluding hydrogens is 456 g/mol. The molecule has 27 heavy (non-hydrogen) atoms. The largest absolute Gasteiger partial charge is 0.352 e. The molecule has 2 amide bonds. The summed E-state index contributed by atoms with van der Waals surface area (Å²) in [6.07, 6.45) is 1.09. The SMILES string of the molecule is Cc1ccc(Br)cc1NC(=O)CCNC(=O)c1ccc(Cl)c(S(C)(=O)=O)c1. The topological polar surface area (TPSA) is 92.3 Å². The summed E-state index contributed by atoms with van der Waals surface area (Å²) < 4.78 is 24.2. The molecule has 0 saturated heterocycles. The molecule has 0 bridgehead atoms. The molecule has 0 fully saturated rings. The van der Waals surface area contributed by atoms with Crippen LogP contribution in [0.5, 0.6) is 0 Å². The van der Waals surface area contributed by atoms with Crippen molar-refractivity contribution >= 4 is 54.9 Å². The number of hydrogen-bond acceptors (Lipinski definition) is 4. The molecule has 9 heteroatoms. The van der Waals surface area contributed by atoms with Crippen molar-refractivity contribution in [2.75, 3.05) is 18.1 Å². The van der Waals surface area contributed by atoms with Gasteiger partial charge in [-0.15, -0.1) is 0 Å². The number of carbonyl (C=O) groups excluding carboxylic acids is 2. The van der Waals surface area contributed by atoms with Crippen molar-refractivity contribution in [3.8, 4) is 0 Å². The summed E-state index contributed by atoms with van der Waals surface area (Å²) >= 11 is 9.21. The van der Waals surface area contributed by atoms with Crippen LogP contribution in [0, 0.1) is 6.92 Å². The second-order valence-electron chi connectivity index (χ2n) is 5.93. The summed E-state index contributed by atoms with van der Waals surface area (Å²) in [6, 6.07) is 9.56. The van der Waals surface area contributed by atoms with Crippen LogP contribution in [-0.2, 0) is 14.6 Å². The number of nitrogens with one attached hydrogen (secondary N) is 2. The fourth-order valence-electron chi connectivity index (χ4n) is 2.26. The highest BCUT2D eigenvalue weighted by molar-refractivity contribution is 9.10. The van der Waals surface area contributed by atoms with Crippen molar-refractivity contribution in [2.24, 2.45) is 0 Å². The van der Waals surface area contributed by atoms with Gasteiger partial charge in [-0.3, -0.25) is 9.59 Å². The number of hydrogen-bond donors (Lipinski definition) is 2. The average molecular weight is 474 g/mol. The second-order valence-corrected chi connectivity index (χ2v) is 9.24. The molecule has 2 aromatic carbocycles. The van der Waals surface area contributed by atoms with Gasteiger partial charge >= 0.3 is 0 Å². The van der Waals surface area contributed by atoms with Gasteiger partial charge in [-0.25, -0.2) is 8.42 Å². The molecule has 2 aromatic rings. The highest BCUT2D eigenvalue weighted by atomic mass is 79.9. The van der Waals surface area contributed by atoms with Gasteiger partial charge in [0, 0.05) is 34.9 Å². The predicted molar refractivity (Wildman–Crippen MR) is 109 cm³/mol. The molecule has 2 N–H and O–H groups in total. The van der Waals surface area contributed by atoms with Gasteiger partial charge < -0.3 is 10.6 Å². The van der Waals surface area contributed by atoms with Crippen molar-refractivity contribution in [3.63, 3.8) is 0 Å². The van der Waals surface area contributed by atoms with Crippen LogP contribution < -0.4 is 10.6 Å². The smallest absolute Gasteiger partial charge is 0.251 e. The molecule has 0 spiro atoms. The number of aryl methyl sites for hydroxylation is 1. The number of anilines is 1. The first-order valence-corrected chi connectivity index (χ1v) is 11.0. The number of rotatable bonds is 6. The maximum atomic E-state index is 12.2. The van der Waals surface area contributed by atoms with Crippen molar-refractivity contribution in [1.82, 2.24) is 5.32 Å². The Labute approximate surface area is 171 Å². The van der Waals surface area contributed by atoms with Crippen molar-refractivity contribution in [1.29, 1.82) is 0 Å². The number of carbonyl (C=O) groups is 2. The van der Waals surface area contributed by atoms with Crippen LogP contribution in [-0.4, -0.2) is 33.0 Å². The van der Waals surface area contributed by atoms with E-state index in [4.69, 9.17) is 11.6 Å². The van der Waals surface area contributed by atoms with Gasteiger partial charge in [-0.2, -0.15) is 0 Å². The van der Waals surface area contributed by atoms with Crippen molar-refractivity contribution < 1.29 is 18.0 Å². The number of amides is 2. The fourth-order valence-corrected chi connectivity index (χ4v) is 3.92. The van der Waals surface area contributed by atoms with E-state index >= 15 is 0 Å². The monoisotopic (exact) mass is 472 g/mol. The summed E-state index contributed by atoms with van der Waals surface area (Å²) in [4.78, 5) is 24.1. The highest BCUT2D eigenvalue weighted by Gasteiger charge is 2.16. The van der Waals surface area contributed by atoms with Gasteiger partial charge in [0.05, 0.1) is 9.92 Å². The third-order valence-corrected chi connectivity index (χ3v) is 5.78. The summed E-state index contributed by atoms with van der Waals surface area (Å²) in [5.41, 5.74) is 1.77. The van der Waals surface area contributed by atoms with Crippen LogP contribution in [0.3, 0.4) is 0 Å². The van der Waals surface area contributed by atoms with Gasteiger partial charge in [-0.1, -0.05) is 33.6 Å². The molecule has 0 aliphatic rings. The second kappa shape index (κ2) is 8.86. The molecule has 2 rings (SSSR count). The summed E-state index contributed by atoms with van der Waals surface area (Å²) in [5.74, 6) is -0.729. The third kappa shape index (κ3) is 6.05. The van der Waals surface area contributed by atoms with Crippen LogP contribution in [0.4, 0.5) is 5.69 Å². The van der Waals surface area contributed by atoms with Gasteiger partial charge in [0.25, 0.3) is 5.91 Å². The van der Waals surface area contributed by atoms with Crippen LogP contribution in [0.15, 0.2) is 45.8 Å². The first-order chi connectivity index (χ1) is 12.6. The highest BCUT2D eigenvalue weighted by Crippen LogP contribution is 2.23. The minimum absolute atomic E-state index is 0.0535. The van der Waals surface area contributed by atoms with E-state index in [1.807, 2.05) is 19.1 Å². The zero-order valence-corrected chi connectivity index (χ0v) is 17.8. The van der Waals surface area contributed by atoms with E-state index in [1.165, 1.54) is 18.2 Å². The number of sulfone groups is 1. The lowest BCUT2D eigenvalue weighted by Crippen LogP contribution is -2.28. The normalized spacial score (nSPS) is 11.1. The molecule has 0 aromatic heterocycles. The summed E-state index contributed by atoms with van der Waals surface area (Å²) in [6.45, 7) is 1.98. The van der Waals surface area contributed by atoms with E-state index < -0.39 is 15.7 Å². The predicted octanol–water partition coefficient (Wildman–Crippen LogP) is 3.57. The fraction of sp³-hybridized carbons (Fsp3) is 0.222. The summed E-state index contributed by atoms with van der Waals surface area (Å²) in [5, 5.41) is 5.43.